The number of amides is 2. The van der Waals surface area contributed by atoms with Gasteiger partial charge in [0.25, 0.3) is 5.91 Å². The zero-order valence-electron chi connectivity index (χ0n) is 13.6. The molecule has 0 aliphatic carbocycles. The van der Waals surface area contributed by atoms with Crippen LogP contribution in [0.15, 0.2) is 6.20 Å². The fourth-order valence-electron chi connectivity index (χ4n) is 2.07. The molecule has 0 radical (unpaired) electrons. The molecule has 2 aromatic heterocycles. The molecule has 3 N–H and O–H groups in total. The summed E-state index contributed by atoms with van der Waals surface area (Å²) in [6.45, 7) is 3.89. The van der Waals surface area contributed by atoms with Gasteiger partial charge in [-0.05, 0) is 13.8 Å². The topological polar surface area (TPSA) is 124 Å². The van der Waals surface area contributed by atoms with Crippen LogP contribution in [0.2, 0.25) is 0 Å². The highest BCUT2D eigenvalue weighted by molar-refractivity contribution is 5.87. The highest BCUT2D eigenvalue weighted by Gasteiger charge is 2.17. The zero-order valence-corrected chi connectivity index (χ0v) is 13.6. The SMILES string of the molecule is Cc1nn(C(=O)Cn2cc(NC(=O)N(C)C)nn2)c(C)c1CN. The van der Waals surface area contributed by atoms with Crippen molar-refractivity contribution < 1.29 is 9.59 Å². The molecule has 0 unspecified atom stereocenters. The van der Waals surface area contributed by atoms with Crippen molar-refractivity contribution in [3.63, 3.8) is 0 Å². The van der Waals surface area contributed by atoms with Crippen LogP contribution >= 0.6 is 0 Å². The molecule has 2 heterocycles. The Kier molecular flexibility index (Phi) is 4.74. The van der Waals surface area contributed by atoms with Gasteiger partial charge in [0, 0.05) is 31.9 Å². The lowest BCUT2D eigenvalue weighted by molar-refractivity contribution is 0.0866. The molecule has 0 atom stereocenters. The van der Waals surface area contributed by atoms with Gasteiger partial charge >= 0.3 is 6.03 Å². The van der Waals surface area contributed by atoms with Crippen LogP contribution in [0, 0.1) is 13.8 Å². The lowest BCUT2D eigenvalue weighted by Gasteiger charge is -2.09. The summed E-state index contributed by atoms with van der Waals surface area (Å²) in [5.74, 6) is 0.00759. The molecule has 0 aromatic carbocycles. The van der Waals surface area contributed by atoms with Crippen LogP contribution < -0.4 is 11.1 Å². The normalized spacial score (nSPS) is 10.7. The van der Waals surface area contributed by atoms with E-state index in [9.17, 15) is 9.59 Å². The van der Waals surface area contributed by atoms with Gasteiger partial charge < -0.3 is 10.6 Å². The molecule has 10 heteroatoms. The van der Waals surface area contributed by atoms with Crippen molar-refractivity contribution in [2.24, 2.45) is 5.73 Å². The first-order valence-corrected chi connectivity index (χ1v) is 7.00. The molecule has 2 rings (SSSR count). The van der Waals surface area contributed by atoms with Gasteiger partial charge in [-0.2, -0.15) is 5.10 Å². The lowest BCUT2D eigenvalue weighted by Crippen LogP contribution is -2.27. The molecule has 0 aliphatic heterocycles. The van der Waals surface area contributed by atoms with E-state index >= 15 is 0 Å². The summed E-state index contributed by atoms with van der Waals surface area (Å²) in [6, 6.07) is -0.325. The number of aryl methyl sites for hydroxylation is 1. The highest BCUT2D eigenvalue weighted by atomic mass is 16.2. The lowest BCUT2D eigenvalue weighted by atomic mass is 10.2. The van der Waals surface area contributed by atoms with Crippen LogP contribution in [-0.2, 0) is 13.1 Å². The molecule has 2 aromatic rings. The number of carbonyl (C=O) groups excluding carboxylic acids is 2. The molecule has 0 aliphatic rings. The smallest absolute Gasteiger partial charge is 0.322 e. The Bertz CT molecular complexity index is 730. The van der Waals surface area contributed by atoms with E-state index in [1.165, 1.54) is 20.5 Å². The van der Waals surface area contributed by atoms with Gasteiger partial charge in [-0.25, -0.2) is 14.2 Å². The van der Waals surface area contributed by atoms with E-state index in [0.717, 1.165) is 17.0 Å². The third-order valence-electron chi connectivity index (χ3n) is 3.36. The maximum absolute atomic E-state index is 12.3. The second-order valence-electron chi connectivity index (χ2n) is 5.28. The van der Waals surface area contributed by atoms with E-state index in [2.05, 4.69) is 20.7 Å². The molecular weight excluding hydrogens is 300 g/mol. The highest BCUT2D eigenvalue weighted by Crippen LogP contribution is 2.12. The zero-order chi connectivity index (χ0) is 17.1. The predicted molar refractivity (Wildman–Crippen MR) is 82.9 cm³/mol. The van der Waals surface area contributed by atoms with E-state index in [4.69, 9.17) is 5.73 Å². The molecule has 0 spiro atoms. The number of nitrogens with two attached hydrogens (primary N) is 1. The van der Waals surface area contributed by atoms with Crippen LogP contribution in [-0.4, -0.2) is 55.7 Å². The van der Waals surface area contributed by atoms with Crippen LogP contribution in [0.5, 0.6) is 0 Å². The molecular formula is C13H20N8O2. The number of nitrogens with one attached hydrogen (secondary N) is 1. The van der Waals surface area contributed by atoms with E-state index in [-0.39, 0.29) is 24.3 Å². The molecule has 0 saturated carbocycles. The van der Waals surface area contributed by atoms with Crippen molar-refractivity contribution in [3.05, 3.63) is 23.1 Å². The van der Waals surface area contributed by atoms with Gasteiger partial charge in [-0.15, -0.1) is 5.10 Å². The standard InChI is InChI=1S/C13H20N8O2/c1-8-10(5-14)9(2)21(17-8)12(22)7-20-6-11(16-18-20)15-13(23)19(3)4/h6H,5,7,14H2,1-4H3,(H,15,23). The Balaban J connectivity index is 2.09. The van der Waals surface area contributed by atoms with Gasteiger partial charge in [0.1, 0.15) is 6.54 Å². The summed E-state index contributed by atoms with van der Waals surface area (Å²) in [5, 5.41) is 14.4. The van der Waals surface area contributed by atoms with Gasteiger partial charge in [0.05, 0.1) is 11.9 Å². The van der Waals surface area contributed by atoms with E-state index < -0.39 is 0 Å². The second kappa shape index (κ2) is 6.57. The van der Waals surface area contributed by atoms with Crippen molar-refractivity contribution in [1.82, 2.24) is 29.7 Å². The number of hydrogen-bond acceptors (Lipinski definition) is 6. The Morgan fingerprint density at radius 2 is 2.04 bits per heavy atom. The maximum atomic E-state index is 12.3. The summed E-state index contributed by atoms with van der Waals surface area (Å²) in [4.78, 5) is 25.2. The van der Waals surface area contributed by atoms with E-state index in [0.29, 0.717) is 6.54 Å². The summed E-state index contributed by atoms with van der Waals surface area (Å²) in [7, 11) is 3.22. The summed E-state index contributed by atoms with van der Waals surface area (Å²) >= 11 is 0. The summed E-state index contributed by atoms with van der Waals surface area (Å²) < 4.78 is 2.66. The van der Waals surface area contributed by atoms with Crippen molar-refractivity contribution in [2.75, 3.05) is 19.4 Å². The van der Waals surface area contributed by atoms with Crippen molar-refractivity contribution in [3.8, 4) is 0 Å². The van der Waals surface area contributed by atoms with Crippen LogP contribution in [0.1, 0.15) is 21.7 Å². The quantitative estimate of drug-likeness (QED) is 0.816. The number of carbonyl (C=O) groups is 2. The second-order valence-corrected chi connectivity index (χ2v) is 5.28. The minimum absolute atomic E-state index is 0.0448. The first-order chi connectivity index (χ1) is 10.8. The van der Waals surface area contributed by atoms with Crippen LogP contribution in [0.25, 0.3) is 0 Å². The number of hydrogen-bond donors (Lipinski definition) is 2. The van der Waals surface area contributed by atoms with E-state index in [1.54, 1.807) is 21.0 Å². The van der Waals surface area contributed by atoms with Gasteiger partial charge in [-0.1, -0.05) is 5.21 Å². The Labute approximate surface area is 133 Å². The molecule has 0 bridgehead atoms. The van der Waals surface area contributed by atoms with Crippen molar-refractivity contribution >= 4 is 17.8 Å². The Morgan fingerprint density at radius 3 is 2.61 bits per heavy atom. The number of nitrogens with zero attached hydrogens (tertiary/aromatic N) is 6. The van der Waals surface area contributed by atoms with Crippen LogP contribution in [0.3, 0.4) is 0 Å². The number of rotatable bonds is 4. The Morgan fingerprint density at radius 1 is 1.35 bits per heavy atom. The molecule has 23 heavy (non-hydrogen) atoms. The molecule has 0 saturated heterocycles. The number of aromatic nitrogens is 5. The molecule has 2 amide bonds. The Hall–Kier alpha value is -2.75. The van der Waals surface area contributed by atoms with Crippen molar-refractivity contribution in [2.45, 2.75) is 26.9 Å². The fourth-order valence-corrected chi connectivity index (χ4v) is 2.07. The maximum Gasteiger partial charge on any atom is 0.322 e. The third kappa shape index (κ3) is 3.54. The first kappa shape index (κ1) is 16.6. The summed E-state index contributed by atoms with van der Waals surface area (Å²) in [6.07, 6.45) is 1.48. The minimum atomic E-state index is -0.325. The van der Waals surface area contributed by atoms with Crippen LogP contribution in [0.4, 0.5) is 10.6 Å². The molecule has 0 fully saturated rings. The van der Waals surface area contributed by atoms with Gasteiger partial charge in [0.2, 0.25) is 0 Å². The summed E-state index contributed by atoms with van der Waals surface area (Å²) in [5.41, 5.74) is 7.96. The van der Waals surface area contributed by atoms with E-state index in [1.807, 2.05) is 6.92 Å². The predicted octanol–water partition coefficient (Wildman–Crippen LogP) is -0.0160. The number of urea groups is 1. The number of anilines is 1. The monoisotopic (exact) mass is 320 g/mol. The average Bonchev–Trinajstić information content (AvgIpc) is 3.03. The van der Waals surface area contributed by atoms with Crippen molar-refractivity contribution in [1.29, 1.82) is 0 Å². The minimum Gasteiger partial charge on any atom is -0.331 e. The largest absolute Gasteiger partial charge is 0.331 e. The fraction of sp³-hybridized carbons (Fsp3) is 0.462. The van der Waals surface area contributed by atoms with Gasteiger partial charge in [0.15, 0.2) is 5.82 Å². The first-order valence-electron chi connectivity index (χ1n) is 7.00. The van der Waals surface area contributed by atoms with Gasteiger partial charge in [-0.3, -0.25) is 10.1 Å². The molecule has 124 valence electrons. The average molecular weight is 320 g/mol. The third-order valence-corrected chi connectivity index (χ3v) is 3.36. The molecule has 10 nitrogen and oxygen atoms in total.